The van der Waals surface area contributed by atoms with E-state index in [2.05, 4.69) is 18.7 Å². The third-order valence-electron chi connectivity index (χ3n) is 2.12. The molecule has 0 aromatic carbocycles. The SMILES string of the molecule is C=CC(C/C=C/CCOC)CCOC. The Morgan fingerprint density at radius 1 is 1.14 bits per heavy atom. The lowest BCUT2D eigenvalue weighted by molar-refractivity contribution is 0.184. The number of hydrogen-bond donors (Lipinski definition) is 0. The van der Waals surface area contributed by atoms with Crippen molar-refractivity contribution in [2.75, 3.05) is 27.4 Å². The zero-order valence-electron chi connectivity index (χ0n) is 9.37. The van der Waals surface area contributed by atoms with E-state index in [1.807, 2.05) is 6.08 Å². The van der Waals surface area contributed by atoms with Crippen LogP contribution >= 0.6 is 0 Å². The highest BCUT2D eigenvalue weighted by Gasteiger charge is 2.00. The van der Waals surface area contributed by atoms with E-state index >= 15 is 0 Å². The molecule has 0 N–H and O–H groups in total. The van der Waals surface area contributed by atoms with Gasteiger partial charge in [0.1, 0.15) is 0 Å². The molecule has 0 spiro atoms. The molecule has 1 atom stereocenters. The van der Waals surface area contributed by atoms with Crippen LogP contribution in [0.1, 0.15) is 19.3 Å². The standard InChI is InChI=1S/C12H22O2/c1-4-12(9-11-14-3)8-6-5-7-10-13-2/h4-6,12H,1,7-11H2,2-3H3/b6-5+. The zero-order chi connectivity index (χ0) is 10.6. The molecule has 0 heterocycles. The van der Waals surface area contributed by atoms with Crippen LogP contribution in [0.4, 0.5) is 0 Å². The first-order chi connectivity index (χ1) is 6.85. The van der Waals surface area contributed by atoms with Gasteiger partial charge in [-0.05, 0) is 25.2 Å². The van der Waals surface area contributed by atoms with E-state index < -0.39 is 0 Å². The fourth-order valence-corrected chi connectivity index (χ4v) is 1.18. The van der Waals surface area contributed by atoms with Crippen molar-refractivity contribution in [3.8, 4) is 0 Å². The van der Waals surface area contributed by atoms with Gasteiger partial charge < -0.3 is 9.47 Å². The molecule has 0 aromatic rings. The van der Waals surface area contributed by atoms with E-state index in [1.165, 1.54) is 0 Å². The van der Waals surface area contributed by atoms with Crippen LogP contribution in [0.25, 0.3) is 0 Å². The molecule has 2 heteroatoms. The number of methoxy groups -OCH3 is 2. The second-order valence-electron chi connectivity index (χ2n) is 3.27. The van der Waals surface area contributed by atoms with E-state index in [0.717, 1.165) is 32.5 Å². The molecule has 0 fully saturated rings. The normalized spacial score (nSPS) is 13.3. The Balaban J connectivity index is 3.50. The predicted molar refractivity (Wildman–Crippen MR) is 60.4 cm³/mol. The van der Waals surface area contributed by atoms with Gasteiger partial charge in [-0.1, -0.05) is 18.2 Å². The van der Waals surface area contributed by atoms with Crippen molar-refractivity contribution < 1.29 is 9.47 Å². The molecule has 0 saturated heterocycles. The molecule has 0 amide bonds. The molecule has 0 radical (unpaired) electrons. The first-order valence-corrected chi connectivity index (χ1v) is 5.10. The monoisotopic (exact) mass is 198 g/mol. The topological polar surface area (TPSA) is 18.5 Å². The summed E-state index contributed by atoms with van der Waals surface area (Å²) in [5.74, 6) is 0.536. The van der Waals surface area contributed by atoms with Crippen molar-refractivity contribution in [1.29, 1.82) is 0 Å². The van der Waals surface area contributed by atoms with Crippen molar-refractivity contribution in [1.82, 2.24) is 0 Å². The maximum absolute atomic E-state index is 5.03. The molecule has 1 unspecified atom stereocenters. The van der Waals surface area contributed by atoms with Crippen LogP contribution < -0.4 is 0 Å². The maximum atomic E-state index is 5.03. The summed E-state index contributed by atoms with van der Waals surface area (Å²) >= 11 is 0. The molecule has 14 heavy (non-hydrogen) atoms. The lowest BCUT2D eigenvalue weighted by Gasteiger charge is -2.08. The van der Waals surface area contributed by atoms with Crippen LogP contribution in [0.15, 0.2) is 24.8 Å². The second-order valence-corrected chi connectivity index (χ2v) is 3.27. The number of ether oxygens (including phenoxy) is 2. The van der Waals surface area contributed by atoms with Gasteiger partial charge in [0, 0.05) is 27.4 Å². The molecule has 0 aliphatic rings. The number of rotatable bonds is 9. The summed E-state index contributed by atoms with van der Waals surface area (Å²) in [6, 6.07) is 0. The first kappa shape index (κ1) is 13.4. The minimum absolute atomic E-state index is 0.536. The molecule has 0 aliphatic carbocycles. The minimum atomic E-state index is 0.536. The Kier molecular flexibility index (Phi) is 10.0. The van der Waals surface area contributed by atoms with Gasteiger partial charge in [0.25, 0.3) is 0 Å². The smallest absolute Gasteiger partial charge is 0.0496 e. The average Bonchev–Trinajstić information content (AvgIpc) is 2.22. The Morgan fingerprint density at radius 2 is 1.86 bits per heavy atom. The molecular weight excluding hydrogens is 176 g/mol. The highest BCUT2D eigenvalue weighted by Crippen LogP contribution is 2.10. The van der Waals surface area contributed by atoms with Gasteiger partial charge in [0.2, 0.25) is 0 Å². The zero-order valence-corrected chi connectivity index (χ0v) is 9.37. The molecule has 0 aromatic heterocycles. The molecule has 0 rings (SSSR count). The highest BCUT2D eigenvalue weighted by molar-refractivity contribution is 4.89. The van der Waals surface area contributed by atoms with Crippen LogP contribution in [0.5, 0.6) is 0 Å². The summed E-state index contributed by atoms with van der Waals surface area (Å²) in [6.07, 6.45) is 9.45. The van der Waals surface area contributed by atoms with Crippen LogP contribution in [-0.4, -0.2) is 27.4 Å². The maximum Gasteiger partial charge on any atom is 0.0496 e. The largest absolute Gasteiger partial charge is 0.385 e. The Morgan fingerprint density at radius 3 is 2.43 bits per heavy atom. The van der Waals surface area contributed by atoms with Gasteiger partial charge in [0.05, 0.1) is 0 Å². The summed E-state index contributed by atoms with van der Waals surface area (Å²) in [6.45, 7) is 5.42. The number of allylic oxidation sites excluding steroid dienone is 2. The summed E-state index contributed by atoms with van der Waals surface area (Å²) in [7, 11) is 3.45. The van der Waals surface area contributed by atoms with E-state index in [0.29, 0.717) is 5.92 Å². The van der Waals surface area contributed by atoms with E-state index in [4.69, 9.17) is 9.47 Å². The fraction of sp³-hybridized carbons (Fsp3) is 0.667. The van der Waals surface area contributed by atoms with Gasteiger partial charge in [-0.25, -0.2) is 0 Å². The van der Waals surface area contributed by atoms with Gasteiger partial charge in [0.15, 0.2) is 0 Å². The molecule has 0 bridgehead atoms. The molecule has 2 nitrogen and oxygen atoms in total. The molecule has 82 valence electrons. The third kappa shape index (κ3) is 8.02. The van der Waals surface area contributed by atoms with Crippen LogP contribution in [0.2, 0.25) is 0 Å². The molecular formula is C12H22O2. The summed E-state index contributed by atoms with van der Waals surface area (Å²) in [4.78, 5) is 0. The second kappa shape index (κ2) is 10.5. The van der Waals surface area contributed by atoms with Crippen molar-refractivity contribution in [2.24, 2.45) is 5.92 Å². The number of hydrogen-bond acceptors (Lipinski definition) is 2. The van der Waals surface area contributed by atoms with Gasteiger partial charge >= 0.3 is 0 Å². The lowest BCUT2D eigenvalue weighted by Crippen LogP contribution is -1.99. The molecule has 0 saturated carbocycles. The summed E-state index contributed by atoms with van der Waals surface area (Å²) in [5.41, 5.74) is 0. The van der Waals surface area contributed by atoms with E-state index in [-0.39, 0.29) is 0 Å². The summed E-state index contributed by atoms with van der Waals surface area (Å²) < 4.78 is 9.98. The highest BCUT2D eigenvalue weighted by atomic mass is 16.5. The minimum Gasteiger partial charge on any atom is -0.385 e. The van der Waals surface area contributed by atoms with Crippen LogP contribution in [0.3, 0.4) is 0 Å². The van der Waals surface area contributed by atoms with Crippen LogP contribution in [-0.2, 0) is 9.47 Å². The predicted octanol–water partition coefficient (Wildman–Crippen LogP) is 2.81. The van der Waals surface area contributed by atoms with Gasteiger partial charge in [-0.3, -0.25) is 0 Å². The van der Waals surface area contributed by atoms with Gasteiger partial charge in [-0.15, -0.1) is 6.58 Å². The van der Waals surface area contributed by atoms with Gasteiger partial charge in [-0.2, -0.15) is 0 Å². The van der Waals surface area contributed by atoms with Crippen molar-refractivity contribution in [2.45, 2.75) is 19.3 Å². The Hall–Kier alpha value is -0.600. The third-order valence-corrected chi connectivity index (χ3v) is 2.12. The van der Waals surface area contributed by atoms with Crippen LogP contribution in [0, 0.1) is 5.92 Å². The quantitative estimate of drug-likeness (QED) is 0.419. The average molecular weight is 198 g/mol. The Labute approximate surface area is 87.6 Å². The fourth-order valence-electron chi connectivity index (χ4n) is 1.18. The summed E-state index contributed by atoms with van der Waals surface area (Å²) in [5, 5.41) is 0. The molecule has 0 aliphatic heterocycles. The van der Waals surface area contributed by atoms with Crippen molar-refractivity contribution >= 4 is 0 Å². The van der Waals surface area contributed by atoms with E-state index in [9.17, 15) is 0 Å². The van der Waals surface area contributed by atoms with E-state index in [1.54, 1.807) is 14.2 Å². The first-order valence-electron chi connectivity index (χ1n) is 5.10. The van der Waals surface area contributed by atoms with Crippen molar-refractivity contribution in [3.63, 3.8) is 0 Å². The van der Waals surface area contributed by atoms with Crippen molar-refractivity contribution in [3.05, 3.63) is 24.8 Å². The Bertz CT molecular complexity index is 152. The lowest BCUT2D eigenvalue weighted by atomic mass is 10.0.